The van der Waals surface area contributed by atoms with Crippen LogP contribution in [0.25, 0.3) is 0 Å². The van der Waals surface area contributed by atoms with Gasteiger partial charge in [-0.3, -0.25) is 4.79 Å². The minimum absolute atomic E-state index is 0.0731. The monoisotopic (exact) mass is 635 g/mol. The topological polar surface area (TPSA) is 91.1 Å². The Morgan fingerprint density at radius 2 is 1.49 bits per heavy atom. The third-order valence-electron chi connectivity index (χ3n) is 8.71. The van der Waals surface area contributed by atoms with Crippen LogP contribution < -0.4 is 10.6 Å². The summed E-state index contributed by atoms with van der Waals surface area (Å²) in [5.41, 5.74) is 2.38. The summed E-state index contributed by atoms with van der Waals surface area (Å²) in [6.45, 7) is 0.913. The summed E-state index contributed by atoms with van der Waals surface area (Å²) in [6.07, 6.45) is 8.74. The lowest BCUT2D eigenvalue weighted by atomic mass is 9.80. The fraction of sp³-hybridized carbons (Fsp3) is 0.469. The molecule has 0 saturated heterocycles. The molecule has 232 valence electrons. The minimum atomic E-state index is -4.68. The maximum Gasteiger partial charge on any atom is 0.417 e. The number of halogens is 4. The van der Waals surface area contributed by atoms with Crippen LogP contribution in [0.2, 0.25) is 5.02 Å². The fourth-order valence-electron chi connectivity index (χ4n) is 6.22. The third kappa shape index (κ3) is 7.46. The van der Waals surface area contributed by atoms with E-state index in [4.69, 9.17) is 11.6 Å². The van der Waals surface area contributed by atoms with Gasteiger partial charge in [0, 0.05) is 30.7 Å². The molecule has 1 amide bonds. The van der Waals surface area contributed by atoms with E-state index >= 15 is 0 Å². The lowest BCUT2D eigenvalue weighted by molar-refractivity contribution is -0.137. The second-order valence-electron chi connectivity index (χ2n) is 11.8. The van der Waals surface area contributed by atoms with Gasteiger partial charge in [-0.15, -0.1) is 0 Å². The molecule has 5 rings (SSSR count). The fourth-order valence-corrected chi connectivity index (χ4v) is 7.86. The number of aromatic amines is 1. The second-order valence-corrected chi connectivity index (χ2v) is 14.2. The van der Waals surface area contributed by atoms with Gasteiger partial charge in [0.15, 0.2) is 0 Å². The SMILES string of the molecule is O=C(NCc1ccc(S(=O)(=O)c2ccc(C(F)(F)F)c(Cl)c2)cc1)c1cc2c([nH]1)CC1(CCCCCCCCCC1)NC2. The molecule has 0 radical (unpaired) electrons. The van der Waals surface area contributed by atoms with Crippen molar-refractivity contribution in [3.05, 3.63) is 81.6 Å². The van der Waals surface area contributed by atoms with Crippen LogP contribution in [0.15, 0.2) is 58.3 Å². The lowest BCUT2D eigenvalue weighted by Gasteiger charge is -2.39. The zero-order valence-corrected chi connectivity index (χ0v) is 25.5. The zero-order valence-electron chi connectivity index (χ0n) is 24.0. The predicted octanol–water partition coefficient (Wildman–Crippen LogP) is 7.75. The van der Waals surface area contributed by atoms with Gasteiger partial charge in [0.25, 0.3) is 5.91 Å². The molecular weight excluding hydrogens is 599 g/mol. The molecule has 1 aromatic heterocycles. The number of alkyl halides is 3. The first kappa shape index (κ1) is 31.6. The van der Waals surface area contributed by atoms with Crippen molar-refractivity contribution in [3.63, 3.8) is 0 Å². The van der Waals surface area contributed by atoms with Gasteiger partial charge < -0.3 is 15.6 Å². The van der Waals surface area contributed by atoms with Crippen LogP contribution in [-0.4, -0.2) is 24.8 Å². The maximum absolute atomic E-state index is 13.0. The van der Waals surface area contributed by atoms with Crippen molar-refractivity contribution in [1.82, 2.24) is 15.6 Å². The summed E-state index contributed by atoms with van der Waals surface area (Å²) in [5, 5.41) is 6.03. The van der Waals surface area contributed by atoms with Crippen molar-refractivity contribution in [2.24, 2.45) is 0 Å². The van der Waals surface area contributed by atoms with E-state index in [1.165, 1.54) is 63.5 Å². The molecule has 0 atom stereocenters. The largest absolute Gasteiger partial charge is 0.417 e. The first-order chi connectivity index (χ1) is 20.5. The van der Waals surface area contributed by atoms with Crippen LogP contribution in [0.3, 0.4) is 0 Å². The summed E-state index contributed by atoms with van der Waals surface area (Å²) in [7, 11) is -4.09. The van der Waals surface area contributed by atoms with Crippen LogP contribution in [-0.2, 0) is 35.5 Å². The number of fused-ring (bicyclic) bond motifs is 1. The second kappa shape index (κ2) is 13.0. The predicted molar refractivity (Wildman–Crippen MR) is 160 cm³/mol. The highest BCUT2D eigenvalue weighted by molar-refractivity contribution is 7.91. The number of hydrogen-bond donors (Lipinski definition) is 3. The first-order valence-electron chi connectivity index (χ1n) is 14.9. The summed E-state index contributed by atoms with van der Waals surface area (Å²) < 4.78 is 65.0. The van der Waals surface area contributed by atoms with E-state index in [0.717, 1.165) is 49.2 Å². The maximum atomic E-state index is 13.0. The van der Waals surface area contributed by atoms with Crippen molar-refractivity contribution in [1.29, 1.82) is 0 Å². The quantitative estimate of drug-likeness (QED) is 0.267. The molecule has 11 heteroatoms. The smallest absolute Gasteiger partial charge is 0.354 e. The Morgan fingerprint density at radius 1 is 0.884 bits per heavy atom. The van der Waals surface area contributed by atoms with Crippen LogP contribution in [0.5, 0.6) is 0 Å². The number of hydrogen-bond acceptors (Lipinski definition) is 4. The van der Waals surface area contributed by atoms with Gasteiger partial charge in [0.05, 0.1) is 20.4 Å². The Kier molecular flexibility index (Phi) is 9.58. The molecule has 3 aromatic rings. The van der Waals surface area contributed by atoms with E-state index in [1.807, 2.05) is 6.07 Å². The van der Waals surface area contributed by atoms with Gasteiger partial charge in [-0.25, -0.2) is 8.42 Å². The number of nitrogens with one attached hydrogen (secondary N) is 3. The molecule has 2 aromatic carbocycles. The van der Waals surface area contributed by atoms with E-state index in [0.29, 0.717) is 17.3 Å². The normalized spacial score (nSPS) is 18.0. The van der Waals surface area contributed by atoms with E-state index in [-0.39, 0.29) is 27.8 Å². The molecule has 2 aliphatic rings. The number of amides is 1. The molecule has 1 saturated carbocycles. The van der Waals surface area contributed by atoms with Crippen molar-refractivity contribution >= 4 is 27.3 Å². The molecule has 2 heterocycles. The van der Waals surface area contributed by atoms with Crippen LogP contribution in [0, 0.1) is 0 Å². The van der Waals surface area contributed by atoms with Crippen molar-refractivity contribution in [2.75, 3.05) is 0 Å². The van der Waals surface area contributed by atoms with Gasteiger partial charge in [-0.05, 0) is 60.4 Å². The van der Waals surface area contributed by atoms with Gasteiger partial charge in [0.1, 0.15) is 5.69 Å². The van der Waals surface area contributed by atoms with E-state index < -0.39 is 26.6 Å². The third-order valence-corrected chi connectivity index (χ3v) is 10.8. The molecule has 0 bridgehead atoms. The van der Waals surface area contributed by atoms with Gasteiger partial charge in [-0.2, -0.15) is 13.2 Å². The van der Waals surface area contributed by atoms with Crippen molar-refractivity contribution in [3.8, 4) is 0 Å². The molecule has 43 heavy (non-hydrogen) atoms. The van der Waals surface area contributed by atoms with E-state index in [9.17, 15) is 26.4 Å². The van der Waals surface area contributed by atoms with Gasteiger partial charge >= 0.3 is 6.18 Å². The Labute approximate surface area is 255 Å². The molecule has 3 N–H and O–H groups in total. The Morgan fingerprint density at radius 3 is 2.09 bits per heavy atom. The number of H-pyrrole nitrogens is 1. The number of sulfone groups is 1. The summed E-state index contributed by atoms with van der Waals surface area (Å²) in [6, 6.07) is 10.1. The standard InChI is InChI=1S/C32H37ClF3N3O3S/c33-27-18-25(13-14-26(27)32(34,35)36)43(41,42)24-11-9-22(10-12-24)20-37-30(40)28-17-23-21-38-31(19-29(23)39-28)15-7-5-3-1-2-4-6-8-16-31/h9-14,17-18,38-39H,1-8,15-16,19-21H2,(H,37,40). The van der Waals surface area contributed by atoms with Crippen LogP contribution in [0.4, 0.5) is 13.2 Å². The van der Waals surface area contributed by atoms with Crippen molar-refractivity contribution in [2.45, 2.75) is 105 Å². The highest BCUT2D eigenvalue weighted by Crippen LogP contribution is 2.37. The highest BCUT2D eigenvalue weighted by atomic mass is 35.5. The average Bonchev–Trinajstić information content (AvgIpc) is 3.37. The summed E-state index contributed by atoms with van der Waals surface area (Å²) in [5.74, 6) is -0.248. The average molecular weight is 636 g/mol. The highest BCUT2D eigenvalue weighted by Gasteiger charge is 2.35. The molecule has 1 aliphatic carbocycles. The Balaban J connectivity index is 1.21. The van der Waals surface area contributed by atoms with Crippen molar-refractivity contribution < 1.29 is 26.4 Å². The minimum Gasteiger partial charge on any atom is -0.354 e. The number of rotatable bonds is 5. The molecule has 1 aliphatic heterocycles. The van der Waals surface area contributed by atoms with Crippen LogP contribution >= 0.6 is 11.6 Å². The lowest BCUT2D eigenvalue weighted by Crippen LogP contribution is -2.49. The zero-order chi connectivity index (χ0) is 30.7. The van der Waals surface area contributed by atoms with E-state index in [2.05, 4.69) is 15.6 Å². The van der Waals surface area contributed by atoms with Crippen LogP contribution in [0.1, 0.15) is 97.1 Å². The molecule has 0 unspecified atom stereocenters. The molecule has 1 spiro atoms. The Hall–Kier alpha value is -2.82. The summed E-state index contributed by atoms with van der Waals surface area (Å²) in [4.78, 5) is 16.0. The Bertz CT molecular complexity index is 1540. The molecular formula is C32H37ClF3N3O3S. The summed E-state index contributed by atoms with van der Waals surface area (Å²) >= 11 is 5.72. The number of carbonyl (C=O) groups is 1. The number of benzene rings is 2. The van der Waals surface area contributed by atoms with Gasteiger partial charge in [0.2, 0.25) is 9.84 Å². The number of carbonyl (C=O) groups excluding carboxylic acids is 1. The van der Waals surface area contributed by atoms with Gasteiger partial charge in [-0.1, -0.05) is 75.1 Å². The van der Waals surface area contributed by atoms with E-state index in [1.54, 1.807) is 12.1 Å². The molecule has 6 nitrogen and oxygen atoms in total. The first-order valence-corrected chi connectivity index (χ1v) is 16.8. The number of aromatic nitrogens is 1. The molecule has 1 fully saturated rings.